The zero-order valence-electron chi connectivity index (χ0n) is 9.42. The number of likely N-dealkylation sites (N-methyl/N-ethyl adjacent to an activating group) is 1. The lowest BCUT2D eigenvalue weighted by Crippen LogP contribution is -2.45. The summed E-state index contributed by atoms with van der Waals surface area (Å²) in [6.45, 7) is 8.61. The van der Waals surface area contributed by atoms with Crippen molar-refractivity contribution in [2.24, 2.45) is 5.92 Å². The molecular formula is C12H22N2. The van der Waals surface area contributed by atoms with E-state index >= 15 is 0 Å². The van der Waals surface area contributed by atoms with Gasteiger partial charge >= 0.3 is 0 Å². The molecule has 1 rings (SSSR count). The molecule has 1 heterocycles. The monoisotopic (exact) mass is 194 g/mol. The topological polar surface area (TPSA) is 15.3 Å². The minimum absolute atomic E-state index is 0.645. The molecule has 0 aliphatic carbocycles. The van der Waals surface area contributed by atoms with Crippen molar-refractivity contribution in [2.45, 2.75) is 32.7 Å². The summed E-state index contributed by atoms with van der Waals surface area (Å²) < 4.78 is 0. The first kappa shape index (κ1) is 11.6. The normalized spacial score (nSPS) is 27.6. The number of nitrogens with one attached hydrogen (secondary N) is 1. The summed E-state index contributed by atoms with van der Waals surface area (Å²) in [5.41, 5.74) is 0. The largest absolute Gasteiger partial charge is 0.313 e. The second-order valence-electron chi connectivity index (χ2n) is 4.31. The van der Waals surface area contributed by atoms with E-state index in [0.29, 0.717) is 6.04 Å². The third kappa shape index (κ3) is 3.69. The highest BCUT2D eigenvalue weighted by atomic mass is 15.1. The van der Waals surface area contributed by atoms with Crippen molar-refractivity contribution >= 4 is 0 Å². The number of hydrogen-bond acceptors (Lipinski definition) is 2. The minimum Gasteiger partial charge on any atom is -0.313 e. The van der Waals surface area contributed by atoms with Crippen molar-refractivity contribution in [2.75, 3.05) is 26.2 Å². The van der Waals surface area contributed by atoms with Crippen LogP contribution in [0, 0.1) is 18.3 Å². The summed E-state index contributed by atoms with van der Waals surface area (Å²) in [7, 11) is 0. The first-order valence-corrected chi connectivity index (χ1v) is 5.65. The maximum absolute atomic E-state index is 5.33. The van der Waals surface area contributed by atoms with Crippen LogP contribution in [-0.2, 0) is 0 Å². The summed E-state index contributed by atoms with van der Waals surface area (Å²) in [5, 5.41) is 3.56. The molecule has 0 amide bonds. The predicted molar refractivity (Wildman–Crippen MR) is 61.1 cm³/mol. The average molecular weight is 194 g/mol. The minimum atomic E-state index is 0.645. The Balaban J connectivity index is 2.30. The highest BCUT2D eigenvalue weighted by Gasteiger charge is 2.19. The first-order valence-electron chi connectivity index (χ1n) is 5.65. The van der Waals surface area contributed by atoms with Crippen LogP contribution in [0.5, 0.6) is 0 Å². The molecule has 0 saturated carbocycles. The van der Waals surface area contributed by atoms with E-state index in [1.165, 1.54) is 19.4 Å². The number of nitrogens with zero attached hydrogens (tertiary/aromatic N) is 1. The molecule has 2 atom stereocenters. The fourth-order valence-electron chi connectivity index (χ4n) is 2.11. The van der Waals surface area contributed by atoms with Crippen LogP contribution in [0.1, 0.15) is 26.7 Å². The van der Waals surface area contributed by atoms with E-state index in [4.69, 9.17) is 6.42 Å². The van der Waals surface area contributed by atoms with Crippen LogP contribution in [0.25, 0.3) is 0 Å². The van der Waals surface area contributed by atoms with Gasteiger partial charge in [-0.3, -0.25) is 4.90 Å². The van der Waals surface area contributed by atoms with Crippen LogP contribution in [0.3, 0.4) is 0 Å². The summed E-state index contributed by atoms with van der Waals surface area (Å²) in [4.78, 5) is 2.33. The Morgan fingerprint density at radius 2 is 2.36 bits per heavy atom. The van der Waals surface area contributed by atoms with Gasteiger partial charge in [-0.05, 0) is 31.8 Å². The Labute approximate surface area is 88.1 Å². The van der Waals surface area contributed by atoms with Gasteiger partial charge in [0.25, 0.3) is 0 Å². The molecule has 0 aromatic heterocycles. The smallest absolute Gasteiger partial charge is 0.0599 e. The highest BCUT2D eigenvalue weighted by molar-refractivity contribution is 4.89. The number of terminal acetylenes is 1. The lowest BCUT2D eigenvalue weighted by Gasteiger charge is -2.31. The fraction of sp³-hybridized carbons (Fsp3) is 0.833. The maximum Gasteiger partial charge on any atom is 0.0599 e. The quantitative estimate of drug-likeness (QED) is 0.679. The van der Waals surface area contributed by atoms with Gasteiger partial charge in [0.1, 0.15) is 0 Å². The van der Waals surface area contributed by atoms with E-state index in [0.717, 1.165) is 25.6 Å². The number of hydrogen-bond donors (Lipinski definition) is 1. The van der Waals surface area contributed by atoms with Gasteiger partial charge in [-0.25, -0.2) is 0 Å². The van der Waals surface area contributed by atoms with Crippen molar-refractivity contribution in [3.63, 3.8) is 0 Å². The Bertz CT molecular complexity index is 195. The van der Waals surface area contributed by atoms with Crippen LogP contribution in [0.15, 0.2) is 0 Å². The Kier molecular flexibility index (Phi) is 5.00. The summed E-state index contributed by atoms with van der Waals surface area (Å²) in [5.74, 6) is 3.58. The third-order valence-corrected chi connectivity index (χ3v) is 3.00. The molecular weight excluding hydrogens is 172 g/mol. The van der Waals surface area contributed by atoms with Gasteiger partial charge < -0.3 is 5.32 Å². The van der Waals surface area contributed by atoms with Gasteiger partial charge in [0.2, 0.25) is 0 Å². The number of rotatable bonds is 4. The summed E-state index contributed by atoms with van der Waals surface area (Å²) >= 11 is 0. The van der Waals surface area contributed by atoms with Gasteiger partial charge in [0.05, 0.1) is 6.54 Å². The molecule has 1 fully saturated rings. The molecule has 2 unspecified atom stereocenters. The lowest BCUT2D eigenvalue weighted by molar-refractivity contribution is 0.229. The van der Waals surface area contributed by atoms with Crippen LogP contribution >= 0.6 is 0 Å². The molecule has 1 aliphatic heterocycles. The molecule has 1 N–H and O–H groups in total. The first-order chi connectivity index (χ1) is 6.76. The molecule has 80 valence electrons. The Morgan fingerprint density at radius 1 is 1.57 bits per heavy atom. The molecule has 0 aromatic carbocycles. The average Bonchev–Trinajstić information content (AvgIpc) is 2.17. The molecule has 0 bridgehead atoms. The molecule has 0 spiro atoms. The Morgan fingerprint density at radius 3 is 2.93 bits per heavy atom. The molecule has 2 heteroatoms. The third-order valence-electron chi connectivity index (χ3n) is 3.00. The van der Waals surface area contributed by atoms with E-state index in [1.807, 2.05) is 0 Å². The van der Waals surface area contributed by atoms with Crippen molar-refractivity contribution in [3.8, 4) is 12.3 Å². The van der Waals surface area contributed by atoms with Crippen LogP contribution in [0.4, 0.5) is 0 Å². The van der Waals surface area contributed by atoms with E-state index in [1.54, 1.807) is 0 Å². The van der Waals surface area contributed by atoms with E-state index < -0.39 is 0 Å². The molecule has 0 radical (unpaired) electrons. The number of piperidine rings is 1. The van der Waals surface area contributed by atoms with Crippen LogP contribution in [0.2, 0.25) is 0 Å². The van der Waals surface area contributed by atoms with Crippen LogP contribution in [-0.4, -0.2) is 37.1 Å². The predicted octanol–water partition coefficient (Wildman–Crippen LogP) is 1.33. The van der Waals surface area contributed by atoms with E-state index in [2.05, 4.69) is 30.0 Å². The van der Waals surface area contributed by atoms with Gasteiger partial charge in [-0.15, -0.1) is 6.42 Å². The van der Waals surface area contributed by atoms with Gasteiger partial charge in [-0.2, -0.15) is 0 Å². The fourth-order valence-corrected chi connectivity index (χ4v) is 2.11. The SMILES string of the molecule is C#CCN(CC)CC1CC(C)CCN1. The van der Waals surface area contributed by atoms with Gasteiger partial charge in [0.15, 0.2) is 0 Å². The standard InChI is InChI=1S/C12H22N2/c1-4-8-14(5-2)10-12-9-11(3)6-7-13-12/h1,11-13H,5-10H2,2-3H3. The van der Waals surface area contributed by atoms with Crippen LogP contribution < -0.4 is 5.32 Å². The van der Waals surface area contributed by atoms with Crippen molar-refractivity contribution in [1.82, 2.24) is 10.2 Å². The van der Waals surface area contributed by atoms with Gasteiger partial charge in [-0.1, -0.05) is 19.8 Å². The zero-order valence-corrected chi connectivity index (χ0v) is 9.42. The van der Waals surface area contributed by atoms with Crippen molar-refractivity contribution < 1.29 is 0 Å². The van der Waals surface area contributed by atoms with Gasteiger partial charge in [0, 0.05) is 12.6 Å². The molecule has 1 saturated heterocycles. The second kappa shape index (κ2) is 6.06. The summed E-state index contributed by atoms with van der Waals surface area (Å²) in [6, 6.07) is 0.645. The van der Waals surface area contributed by atoms with E-state index in [-0.39, 0.29) is 0 Å². The van der Waals surface area contributed by atoms with Crippen molar-refractivity contribution in [3.05, 3.63) is 0 Å². The zero-order chi connectivity index (χ0) is 10.4. The summed E-state index contributed by atoms with van der Waals surface area (Å²) in [6.07, 6.45) is 7.94. The second-order valence-corrected chi connectivity index (χ2v) is 4.31. The molecule has 2 nitrogen and oxygen atoms in total. The lowest BCUT2D eigenvalue weighted by atomic mass is 9.94. The highest BCUT2D eigenvalue weighted by Crippen LogP contribution is 2.15. The van der Waals surface area contributed by atoms with Crippen molar-refractivity contribution in [1.29, 1.82) is 0 Å². The maximum atomic E-state index is 5.33. The molecule has 1 aliphatic rings. The molecule has 14 heavy (non-hydrogen) atoms. The van der Waals surface area contributed by atoms with E-state index in [9.17, 15) is 0 Å². The Hall–Kier alpha value is -0.520. The molecule has 0 aromatic rings.